The van der Waals surface area contributed by atoms with Gasteiger partial charge >= 0.3 is 0 Å². The number of likely N-dealkylation sites (tertiary alicyclic amines) is 1. The number of aromatic amines is 1. The Bertz CT molecular complexity index is 1880. The Kier molecular flexibility index (Phi) is 14.5. The lowest BCUT2D eigenvalue weighted by atomic mass is 10.0. The number of nitrogens with one attached hydrogen (secondary N) is 6. The molecule has 17 nitrogen and oxygen atoms in total. The Balaban J connectivity index is 1.24. The fourth-order valence-corrected chi connectivity index (χ4v) is 7.02. The van der Waals surface area contributed by atoms with Crippen LogP contribution in [0.2, 0.25) is 0 Å². The number of nitrogens with zero attached hydrogens (tertiary/aromatic N) is 2. The standard InChI is InChI=1S/C39H53N11O6/c1-23(46-38(55)32(16-25-19-44-30-12-6-5-11-28(25)30)49-37(54)29(41)17-26-20-43-22-45-26)36(53)47-27-18-34(51)50(21-27)33(15-24-9-3-2-4-10-24)39(56)48-31(35(42)52)13-7-8-14-40/h2-6,9-12,19,22-23,26-27,29,31-33,44H,7-8,13-18,20-21,40-41H2,1H3,(H2,42,52)(H,43,45)(H,46,55)(H,47,53)(H,48,56)(H,49,54)/t23-,26?,27-,29-,31-,32+,33+/m0/s1. The molecular formula is C39H53N11O6. The second-order valence-corrected chi connectivity index (χ2v) is 14.5. The van der Waals surface area contributed by atoms with Crippen molar-refractivity contribution in [3.8, 4) is 0 Å². The fraction of sp³-hybridized carbons (Fsp3) is 0.462. The Labute approximate surface area is 325 Å². The van der Waals surface area contributed by atoms with E-state index in [-0.39, 0.29) is 37.8 Å². The Morgan fingerprint density at radius 3 is 2.36 bits per heavy atom. The van der Waals surface area contributed by atoms with Gasteiger partial charge in [0.15, 0.2) is 0 Å². The van der Waals surface area contributed by atoms with Crippen LogP contribution in [-0.4, -0.2) is 114 Å². The number of aliphatic imine (C=N–C) groups is 1. The number of amides is 6. The average Bonchev–Trinajstić information content (AvgIpc) is 3.94. The van der Waals surface area contributed by atoms with Crippen LogP contribution in [-0.2, 0) is 41.6 Å². The number of carbonyl (C=O) groups is 6. The minimum absolute atomic E-state index is 0.0165. The zero-order valence-corrected chi connectivity index (χ0v) is 31.5. The van der Waals surface area contributed by atoms with Crippen molar-refractivity contribution >= 4 is 52.7 Å². The van der Waals surface area contributed by atoms with E-state index in [1.165, 1.54) is 11.8 Å². The fourth-order valence-electron chi connectivity index (χ4n) is 7.02. The number of unbranched alkanes of at least 4 members (excludes halogenated alkanes) is 1. The number of nitrogens with two attached hydrogens (primary N) is 3. The lowest BCUT2D eigenvalue weighted by Gasteiger charge is -2.29. The summed E-state index contributed by atoms with van der Waals surface area (Å²) in [5, 5.41) is 15.0. The van der Waals surface area contributed by atoms with Crippen LogP contribution >= 0.6 is 0 Å². The number of para-hydroxylation sites is 1. The minimum Gasteiger partial charge on any atom is -0.372 e. The van der Waals surface area contributed by atoms with Crippen LogP contribution in [0.25, 0.3) is 10.9 Å². The molecule has 1 aromatic heterocycles. The SMILES string of the molecule is C[C@H](NC(=O)[C@@H](Cc1c[nH]c2ccccc12)NC(=O)[C@@H](N)CC1CN=CN1)C(=O)N[C@H]1CC(=O)N([C@H](Cc2ccccc2)C(=O)N[C@@H](CCCCN)C(N)=O)C1. The molecule has 3 aromatic rings. The van der Waals surface area contributed by atoms with Crippen LogP contribution in [0.15, 0.2) is 65.8 Å². The number of H-pyrrole nitrogens is 1. The van der Waals surface area contributed by atoms with Crippen molar-refractivity contribution in [2.45, 2.75) is 94.2 Å². The van der Waals surface area contributed by atoms with Gasteiger partial charge < -0.3 is 53.7 Å². The third kappa shape index (κ3) is 11.1. The van der Waals surface area contributed by atoms with Crippen LogP contribution in [0, 0.1) is 0 Å². The van der Waals surface area contributed by atoms with Crippen molar-refractivity contribution in [1.82, 2.24) is 36.5 Å². The molecule has 0 spiro atoms. The summed E-state index contributed by atoms with van der Waals surface area (Å²) in [5.74, 6) is -3.27. The first-order valence-corrected chi connectivity index (χ1v) is 19.0. The van der Waals surface area contributed by atoms with Gasteiger partial charge in [-0.15, -0.1) is 0 Å². The summed E-state index contributed by atoms with van der Waals surface area (Å²) in [7, 11) is 0. The highest BCUT2D eigenvalue weighted by Crippen LogP contribution is 2.21. The molecule has 2 aromatic carbocycles. The first-order chi connectivity index (χ1) is 26.9. The predicted octanol–water partition coefficient (Wildman–Crippen LogP) is -1.16. The number of fused-ring (bicyclic) bond motifs is 1. The molecule has 5 rings (SSSR count). The van der Waals surface area contributed by atoms with Gasteiger partial charge in [-0.2, -0.15) is 0 Å². The number of hydrogen-bond donors (Lipinski definition) is 9. The molecule has 0 aliphatic carbocycles. The van der Waals surface area contributed by atoms with E-state index in [4.69, 9.17) is 17.2 Å². The molecule has 17 heteroatoms. The highest BCUT2D eigenvalue weighted by Gasteiger charge is 2.40. The lowest BCUT2D eigenvalue weighted by molar-refractivity contribution is -0.138. The van der Waals surface area contributed by atoms with Crippen molar-refractivity contribution in [1.29, 1.82) is 0 Å². The second kappa shape index (κ2) is 19.7. The molecule has 3 heterocycles. The summed E-state index contributed by atoms with van der Waals surface area (Å²) in [4.78, 5) is 88.6. The molecule has 12 N–H and O–H groups in total. The zero-order valence-electron chi connectivity index (χ0n) is 31.5. The molecule has 2 aliphatic rings. The lowest BCUT2D eigenvalue weighted by Crippen LogP contribution is -2.57. The van der Waals surface area contributed by atoms with Crippen molar-refractivity contribution in [3.05, 3.63) is 71.9 Å². The van der Waals surface area contributed by atoms with Gasteiger partial charge in [-0.25, -0.2) is 0 Å². The molecule has 300 valence electrons. The van der Waals surface area contributed by atoms with E-state index in [0.717, 1.165) is 22.0 Å². The Morgan fingerprint density at radius 1 is 0.911 bits per heavy atom. The minimum atomic E-state index is -1.07. The monoisotopic (exact) mass is 771 g/mol. The number of aromatic nitrogens is 1. The summed E-state index contributed by atoms with van der Waals surface area (Å²) in [5.41, 5.74) is 19.9. The molecule has 0 bridgehead atoms. The second-order valence-electron chi connectivity index (χ2n) is 14.5. The smallest absolute Gasteiger partial charge is 0.243 e. The van der Waals surface area contributed by atoms with Gasteiger partial charge in [-0.1, -0.05) is 48.5 Å². The van der Waals surface area contributed by atoms with Gasteiger partial charge in [0.2, 0.25) is 35.4 Å². The normalized spacial score (nSPS) is 19.1. The van der Waals surface area contributed by atoms with E-state index in [1.54, 1.807) is 12.5 Å². The largest absolute Gasteiger partial charge is 0.372 e. The molecule has 0 radical (unpaired) electrons. The van der Waals surface area contributed by atoms with E-state index in [2.05, 4.69) is 36.6 Å². The molecule has 2 aliphatic heterocycles. The van der Waals surface area contributed by atoms with Gasteiger partial charge in [0.05, 0.1) is 25.0 Å². The maximum atomic E-state index is 13.8. The summed E-state index contributed by atoms with van der Waals surface area (Å²) in [6, 6.07) is 11.0. The summed E-state index contributed by atoms with van der Waals surface area (Å²) < 4.78 is 0. The molecule has 6 amide bonds. The summed E-state index contributed by atoms with van der Waals surface area (Å²) >= 11 is 0. The van der Waals surface area contributed by atoms with Crippen LogP contribution < -0.4 is 43.8 Å². The molecule has 1 saturated heterocycles. The molecular weight excluding hydrogens is 718 g/mol. The molecule has 0 saturated carbocycles. The molecule has 1 fully saturated rings. The number of primary amides is 1. The van der Waals surface area contributed by atoms with Gasteiger partial charge in [-0.3, -0.25) is 33.8 Å². The van der Waals surface area contributed by atoms with E-state index in [9.17, 15) is 28.8 Å². The van der Waals surface area contributed by atoms with Crippen LogP contribution in [0.3, 0.4) is 0 Å². The van der Waals surface area contributed by atoms with Gasteiger partial charge in [0, 0.05) is 48.9 Å². The Morgan fingerprint density at radius 2 is 1.64 bits per heavy atom. The maximum Gasteiger partial charge on any atom is 0.243 e. The predicted molar refractivity (Wildman–Crippen MR) is 211 cm³/mol. The molecule has 7 atom stereocenters. The quantitative estimate of drug-likeness (QED) is 0.0627. The number of rotatable bonds is 20. The molecule has 56 heavy (non-hydrogen) atoms. The van der Waals surface area contributed by atoms with E-state index >= 15 is 0 Å². The number of hydrogen-bond acceptors (Lipinski definition) is 10. The van der Waals surface area contributed by atoms with Crippen LogP contribution in [0.5, 0.6) is 0 Å². The van der Waals surface area contributed by atoms with Crippen molar-refractivity contribution in [2.75, 3.05) is 19.6 Å². The van der Waals surface area contributed by atoms with E-state index in [0.29, 0.717) is 38.8 Å². The summed E-state index contributed by atoms with van der Waals surface area (Å²) in [6.45, 7) is 2.44. The highest BCUT2D eigenvalue weighted by molar-refractivity contribution is 5.95. The van der Waals surface area contributed by atoms with Gasteiger partial charge in [-0.05, 0) is 56.3 Å². The highest BCUT2D eigenvalue weighted by atomic mass is 16.2. The third-order valence-corrected chi connectivity index (χ3v) is 10.1. The number of carbonyl (C=O) groups excluding carboxylic acids is 6. The van der Waals surface area contributed by atoms with E-state index in [1.807, 2.05) is 54.6 Å². The van der Waals surface area contributed by atoms with Crippen LogP contribution in [0.1, 0.15) is 50.2 Å². The summed E-state index contributed by atoms with van der Waals surface area (Å²) in [6.07, 6.45) is 5.39. The zero-order chi connectivity index (χ0) is 40.2. The average molecular weight is 772 g/mol. The van der Waals surface area contributed by atoms with Crippen molar-refractivity contribution in [2.24, 2.45) is 22.2 Å². The van der Waals surface area contributed by atoms with Crippen LogP contribution in [0.4, 0.5) is 0 Å². The van der Waals surface area contributed by atoms with Crippen molar-refractivity contribution < 1.29 is 28.8 Å². The van der Waals surface area contributed by atoms with Gasteiger partial charge in [0.25, 0.3) is 0 Å². The maximum absolute atomic E-state index is 13.8. The van der Waals surface area contributed by atoms with Gasteiger partial charge in [0.1, 0.15) is 24.2 Å². The topological polar surface area (TPSA) is 272 Å². The Hall–Kier alpha value is -5.81. The first-order valence-electron chi connectivity index (χ1n) is 19.0. The first kappa shape index (κ1) is 41.4. The molecule has 1 unspecified atom stereocenters. The van der Waals surface area contributed by atoms with E-state index < -0.39 is 65.8 Å². The number of benzene rings is 2. The van der Waals surface area contributed by atoms with Crippen molar-refractivity contribution in [3.63, 3.8) is 0 Å². The third-order valence-electron chi connectivity index (χ3n) is 10.1.